The average molecular weight is 365 g/mol. The summed E-state index contributed by atoms with van der Waals surface area (Å²) >= 11 is 1.23. The summed E-state index contributed by atoms with van der Waals surface area (Å²) in [5.41, 5.74) is 6.97. The first-order chi connectivity index (χ1) is 11.6. The predicted octanol–water partition coefficient (Wildman–Crippen LogP) is 2.31. The summed E-state index contributed by atoms with van der Waals surface area (Å²) in [7, 11) is 0. The third-order valence-corrected chi connectivity index (χ3v) is 4.30. The van der Waals surface area contributed by atoms with Crippen LogP contribution in [-0.4, -0.2) is 44.3 Å². The molecule has 0 saturated heterocycles. The molecule has 0 aliphatic heterocycles. The molecule has 0 spiro atoms. The molecule has 0 saturated carbocycles. The fourth-order valence-electron chi connectivity index (χ4n) is 2.51. The molecule has 9 heteroatoms. The van der Waals surface area contributed by atoms with E-state index < -0.39 is 11.9 Å². The number of hydrogen-bond donors (Lipinski definition) is 1. The fraction of sp³-hybridized carbons (Fsp3) is 0.500. The van der Waals surface area contributed by atoms with E-state index in [2.05, 4.69) is 10.2 Å². The Labute approximate surface area is 150 Å². The van der Waals surface area contributed by atoms with Crippen molar-refractivity contribution in [1.29, 1.82) is 0 Å². The van der Waals surface area contributed by atoms with Crippen LogP contribution in [0.4, 0.5) is 5.82 Å². The number of hydrogen-bond acceptors (Lipinski definition) is 7. The number of nitrogen functional groups attached to an aromatic ring is 1. The SMILES string of the molecule is CCOC(=O)c1c(SC)nn(C(=O)c2cnn(C(C)(C)C)c2C)c1N. The van der Waals surface area contributed by atoms with Crippen LogP contribution in [0.5, 0.6) is 0 Å². The maximum Gasteiger partial charge on any atom is 0.344 e. The zero-order chi connectivity index (χ0) is 18.9. The van der Waals surface area contributed by atoms with Gasteiger partial charge in [-0.2, -0.15) is 14.9 Å². The first-order valence-corrected chi connectivity index (χ1v) is 9.05. The lowest BCUT2D eigenvalue weighted by atomic mass is 10.1. The molecule has 0 radical (unpaired) electrons. The van der Waals surface area contributed by atoms with Crippen molar-refractivity contribution in [3.8, 4) is 0 Å². The Morgan fingerprint density at radius 3 is 2.48 bits per heavy atom. The maximum absolute atomic E-state index is 12.9. The van der Waals surface area contributed by atoms with Crippen LogP contribution >= 0.6 is 11.8 Å². The molecule has 0 aliphatic rings. The van der Waals surface area contributed by atoms with Crippen molar-refractivity contribution < 1.29 is 14.3 Å². The molecule has 2 N–H and O–H groups in total. The molecule has 2 heterocycles. The highest BCUT2D eigenvalue weighted by Gasteiger charge is 2.29. The minimum Gasteiger partial charge on any atom is -0.462 e. The van der Waals surface area contributed by atoms with E-state index in [1.807, 2.05) is 27.7 Å². The third-order valence-electron chi connectivity index (χ3n) is 3.63. The number of ether oxygens (including phenoxy) is 1. The second-order valence-electron chi connectivity index (χ2n) is 6.43. The van der Waals surface area contributed by atoms with Crippen molar-refractivity contribution >= 4 is 29.5 Å². The Bertz CT molecular complexity index is 817. The van der Waals surface area contributed by atoms with E-state index in [1.54, 1.807) is 17.9 Å². The predicted molar refractivity (Wildman–Crippen MR) is 96.1 cm³/mol. The molecular weight excluding hydrogens is 342 g/mol. The van der Waals surface area contributed by atoms with Crippen LogP contribution in [0.25, 0.3) is 0 Å². The maximum atomic E-state index is 12.9. The molecule has 0 aromatic carbocycles. The molecule has 8 nitrogen and oxygen atoms in total. The van der Waals surface area contributed by atoms with E-state index in [0.29, 0.717) is 16.3 Å². The van der Waals surface area contributed by atoms with Crippen molar-refractivity contribution in [2.75, 3.05) is 18.6 Å². The lowest BCUT2D eigenvalue weighted by Gasteiger charge is -2.21. The normalized spacial score (nSPS) is 11.6. The summed E-state index contributed by atoms with van der Waals surface area (Å²) in [4.78, 5) is 25.0. The van der Waals surface area contributed by atoms with Gasteiger partial charge in [-0.3, -0.25) is 9.48 Å². The average Bonchev–Trinajstić information content (AvgIpc) is 3.06. The minimum atomic E-state index is -0.592. The van der Waals surface area contributed by atoms with Crippen LogP contribution in [-0.2, 0) is 10.3 Å². The Kier molecular flexibility index (Phi) is 5.26. The van der Waals surface area contributed by atoms with Gasteiger partial charge >= 0.3 is 5.97 Å². The Morgan fingerprint density at radius 1 is 1.36 bits per heavy atom. The number of anilines is 1. The zero-order valence-corrected chi connectivity index (χ0v) is 16.1. The topological polar surface area (TPSA) is 105 Å². The van der Waals surface area contributed by atoms with E-state index in [9.17, 15) is 9.59 Å². The molecule has 0 atom stereocenters. The first kappa shape index (κ1) is 19.0. The largest absolute Gasteiger partial charge is 0.462 e. The summed E-state index contributed by atoms with van der Waals surface area (Å²) in [6.45, 7) is 9.71. The van der Waals surface area contributed by atoms with Gasteiger partial charge in [0.2, 0.25) is 0 Å². The molecule has 0 bridgehead atoms. The molecular formula is C16H23N5O3S. The number of nitrogens with zero attached hydrogens (tertiary/aromatic N) is 4. The Balaban J connectivity index is 2.51. The lowest BCUT2D eigenvalue weighted by Crippen LogP contribution is -2.25. The number of esters is 1. The van der Waals surface area contributed by atoms with Crippen molar-refractivity contribution in [2.45, 2.75) is 45.2 Å². The van der Waals surface area contributed by atoms with Crippen molar-refractivity contribution in [3.05, 3.63) is 23.0 Å². The second-order valence-corrected chi connectivity index (χ2v) is 7.23. The van der Waals surface area contributed by atoms with Crippen LogP contribution < -0.4 is 5.73 Å². The highest BCUT2D eigenvalue weighted by Crippen LogP contribution is 2.27. The molecule has 25 heavy (non-hydrogen) atoms. The molecule has 2 aromatic rings. The van der Waals surface area contributed by atoms with Gasteiger partial charge in [0.05, 0.1) is 23.9 Å². The van der Waals surface area contributed by atoms with Crippen LogP contribution in [0.2, 0.25) is 0 Å². The fourth-order valence-corrected chi connectivity index (χ4v) is 3.07. The molecule has 2 aromatic heterocycles. The monoisotopic (exact) mass is 365 g/mol. The van der Waals surface area contributed by atoms with Crippen molar-refractivity contribution in [3.63, 3.8) is 0 Å². The van der Waals surface area contributed by atoms with Gasteiger partial charge in [0.15, 0.2) is 0 Å². The number of carbonyl (C=O) groups is 2. The Morgan fingerprint density at radius 2 is 2.00 bits per heavy atom. The minimum absolute atomic E-state index is 0.0318. The van der Waals surface area contributed by atoms with E-state index in [-0.39, 0.29) is 23.5 Å². The smallest absolute Gasteiger partial charge is 0.344 e. The zero-order valence-electron chi connectivity index (χ0n) is 15.3. The van der Waals surface area contributed by atoms with Gasteiger partial charge in [0.1, 0.15) is 16.4 Å². The van der Waals surface area contributed by atoms with Gasteiger partial charge in [-0.25, -0.2) is 4.79 Å². The van der Waals surface area contributed by atoms with Gasteiger partial charge in [-0.15, -0.1) is 11.8 Å². The second kappa shape index (κ2) is 6.91. The van der Waals surface area contributed by atoms with Crippen molar-refractivity contribution in [2.24, 2.45) is 0 Å². The van der Waals surface area contributed by atoms with E-state index >= 15 is 0 Å². The van der Waals surface area contributed by atoms with Gasteiger partial charge in [0, 0.05) is 5.69 Å². The molecule has 0 unspecified atom stereocenters. The highest BCUT2D eigenvalue weighted by molar-refractivity contribution is 7.98. The van der Waals surface area contributed by atoms with Crippen LogP contribution in [0.3, 0.4) is 0 Å². The number of carbonyl (C=O) groups excluding carboxylic acids is 2. The van der Waals surface area contributed by atoms with Gasteiger partial charge in [-0.05, 0) is 40.9 Å². The molecule has 0 fully saturated rings. The number of thioether (sulfide) groups is 1. The quantitative estimate of drug-likeness (QED) is 0.654. The van der Waals surface area contributed by atoms with E-state index in [4.69, 9.17) is 10.5 Å². The van der Waals surface area contributed by atoms with Gasteiger partial charge in [0.25, 0.3) is 5.91 Å². The summed E-state index contributed by atoms with van der Waals surface area (Å²) in [5.74, 6) is -1.06. The number of nitrogens with two attached hydrogens (primary N) is 1. The number of aromatic nitrogens is 4. The van der Waals surface area contributed by atoms with Crippen LogP contribution in [0, 0.1) is 6.92 Å². The van der Waals surface area contributed by atoms with Crippen molar-refractivity contribution in [1.82, 2.24) is 19.6 Å². The summed E-state index contributed by atoms with van der Waals surface area (Å²) in [5, 5.41) is 8.83. The van der Waals surface area contributed by atoms with E-state index in [1.165, 1.54) is 18.0 Å². The molecule has 0 aliphatic carbocycles. The number of rotatable bonds is 4. The van der Waals surface area contributed by atoms with Gasteiger partial charge in [-0.1, -0.05) is 0 Å². The highest BCUT2D eigenvalue weighted by atomic mass is 32.2. The Hall–Kier alpha value is -2.29. The van der Waals surface area contributed by atoms with Gasteiger partial charge < -0.3 is 10.5 Å². The lowest BCUT2D eigenvalue weighted by molar-refractivity contribution is 0.0523. The van der Waals surface area contributed by atoms with E-state index in [0.717, 1.165) is 4.68 Å². The van der Waals surface area contributed by atoms with Crippen LogP contribution in [0.1, 0.15) is 54.1 Å². The summed E-state index contributed by atoms with van der Waals surface area (Å²) in [6.07, 6.45) is 3.25. The summed E-state index contributed by atoms with van der Waals surface area (Å²) in [6, 6.07) is 0. The molecule has 136 valence electrons. The third kappa shape index (κ3) is 3.41. The standard InChI is InChI=1S/C16H23N5O3S/c1-7-24-15(23)11-12(17)20(19-13(11)25-6)14(22)10-8-18-21(9(10)2)16(3,4)5/h8H,7,17H2,1-6H3. The first-order valence-electron chi connectivity index (χ1n) is 7.82. The summed E-state index contributed by atoms with van der Waals surface area (Å²) < 4.78 is 7.81. The molecule has 0 amide bonds. The van der Waals surface area contributed by atoms with Crippen LogP contribution in [0.15, 0.2) is 11.2 Å². The molecule has 2 rings (SSSR count).